The predicted molar refractivity (Wildman–Crippen MR) is 74.5 cm³/mol. The maximum atomic E-state index is 12.2. The Morgan fingerprint density at radius 2 is 2.15 bits per heavy atom. The first-order valence-electron chi connectivity index (χ1n) is 5.88. The van der Waals surface area contributed by atoms with Gasteiger partial charge in [0.25, 0.3) is 0 Å². The van der Waals surface area contributed by atoms with Gasteiger partial charge in [0.1, 0.15) is 11.5 Å². The first-order valence-corrected chi connectivity index (χ1v) is 7.37. The summed E-state index contributed by atoms with van der Waals surface area (Å²) in [5.41, 5.74) is -0.313. The minimum Gasteiger partial charge on any atom is -0.384 e. The molecule has 0 saturated carbocycles. The van der Waals surface area contributed by atoms with Crippen molar-refractivity contribution in [2.75, 3.05) is 20.3 Å². The van der Waals surface area contributed by atoms with E-state index in [0.717, 1.165) is 0 Å². The third-order valence-electron chi connectivity index (χ3n) is 2.25. The molecule has 0 spiro atoms. The molecule has 0 fully saturated rings. The van der Waals surface area contributed by atoms with Crippen LogP contribution >= 0.6 is 0 Å². The summed E-state index contributed by atoms with van der Waals surface area (Å²) in [6.07, 6.45) is 2.68. The number of aromatic nitrogens is 1. The maximum absolute atomic E-state index is 12.2. The van der Waals surface area contributed by atoms with E-state index in [0.29, 0.717) is 5.56 Å². The van der Waals surface area contributed by atoms with Crippen LogP contribution in [0.15, 0.2) is 23.4 Å². The molecule has 0 bridgehead atoms. The van der Waals surface area contributed by atoms with Crippen molar-refractivity contribution < 1.29 is 18.3 Å². The molecule has 0 aliphatic carbocycles. The molecule has 0 amide bonds. The normalized spacial score (nSPS) is 11.8. The number of rotatable bonds is 5. The van der Waals surface area contributed by atoms with E-state index in [1.165, 1.54) is 25.6 Å². The van der Waals surface area contributed by atoms with Crippen molar-refractivity contribution >= 4 is 10.0 Å². The zero-order chi connectivity index (χ0) is 15.2. The van der Waals surface area contributed by atoms with Crippen LogP contribution in [0.25, 0.3) is 0 Å². The van der Waals surface area contributed by atoms with E-state index < -0.39 is 15.6 Å². The van der Waals surface area contributed by atoms with E-state index in [1.807, 2.05) is 0 Å². The number of aliphatic hydroxyl groups is 1. The lowest BCUT2D eigenvalue weighted by molar-refractivity contribution is 0.141. The largest absolute Gasteiger partial charge is 0.384 e. The number of hydrogen-bond acceptors (Lipinski definition) is 5. The molecule has 6 nitrogen and oxygen atoms in total. The highest BCUT2D eigenvalue weighted by Gasteiger charge is 2.26. The monoisotopic (exact) mass is 298 g/mol. The molecule has 1 rings (SSSR count). The highest BCUT2D eigenvalue weighted by atomic mass is 32.2. The van der Waals surface area contributed by atoms with Crippen molar-refractivity contribution in [2.45, 2.75) is 24.3 Å². The van der Waals surface area contributed by atoms with Crippen molar-refractivity contribution in [3.05, 3.63) is 24.0 Å². The van der Waals surface area contributed by atoms with Gasteiger partial charge in [-0.2, -0.15) is 0 Å². The number of sulfonamides is 1. The molecule has 0 saturated heterocycles. The van der Waals surface area contributed by atoms with Gasteiger partial charge in [-0.05, 0) is 19.9 Å². The Balaban J connectivity index is 3.04. The number of aliphatic hydroxyl groups excluding tert-OH is 1. The van der Waals surface area contributed by atoms with Gasteiger partial charge >= 0.3 is 0 Å². The van der Waals surface area contributed by atoms with Crippen molar-refractivity contribution in [2.24, 2.45) is 0 Å². The molecule has 0 radical (unpaired) electrons. The molecular weight excluding hydrogens is 280 g/mol. The number of nitrogens with zero attached hydrogens (tertiary/aromatic N) is 1. The van der Waals surface area contributed by atoms with Gasteiger partial charge in [0.2, 0.25) is 10.0 Å². The zero-order valence-electron chi connectivity index (χ0n) is 11.7. The second kappa shape index (κ2) is 6.81. The van der Waals surface area contributed by atoms with Crippen LogP contribution in [-0.2, 0) is 14.8 Å². The highest BCUT2D eigenvalue weighted by molar-refractivity contribution is 7.89. The van der Waals surface area contributed by atoms with Gasteiger partial charge < -0.3 is 9.84 Å². The summed E-state index contributed by atoms with van der Waals surface area (Å²) in [5.74, 6) is 5.06. The molecule has 110 valence electrons. The first kappa shape index (κ1) is 16.6. The molecule has 7 heteroatoms. The molecule has 0 atom stereocenters. The minimum absolute atomic E-state index is 0.0198. The lowest BCUT2D eigenvalue weighted by Gasteiger charge is -2.24. The molecule has 2 N–H and O–H groups in total. The standard InChI is InChI=1S/C13H18N2O4S/c1-13(2,10-19-3)15-20(17,18)12-7-11(5-4-6-16)8-14-9-12/h7-9,15-16H,6,10H2,1-3H3. The average molecular weight is 298 g/mol. The second-order valence-electron chi connectivity index (χ2n) is 4.79. The molecule has 1 heterocycles. The van der Waals surface area contributed by atoms with E-state index in [4.69, 9.17) is 9.84 Å². The fourth-order valence-corrected chi connectivity index (χ4v) is 2.97. The third-order valence-corrected chi connectivity index (χ3v) is 3.92. The van der Waals surface area contributed by atoms with Gasteiger partial charge in [-0.15, -0.1) is 0 Å². The summed E-state index contributed by atoms with van der Waals surface area (Å²) < 4.78 is 32.0. The quantitative estimate of drug-likeness (QED) is 0.754. The molecule has 0 aromatic carbocycles. The Hall–Kier alpha value is -1.46. The molecule has 20 heavy (non-hydrogen) atoms. The SMILES string of the molecule is COCC(C)(C)NS(=O)(=O)c1cncc(C#CCO)c1. The molecule has 0 aliphatic heterocycles. The summed E-state index contributed by atoms with van der Waals surface area (Å²) in [6.45, 7) is 3.38. The lowest BCUT2D eigenvalue weighted by atomic mass is 10.1. The number of hydrogen-bond donors (Lipinski definition) is 2. The zero-order valence-corrected chi connectivity index (χ0v) is 12.5. The molecule has 1 aromatic rings. The number of nitrogens with one attached hydrogen (secondary N) is 1. The Bertz CT molecular complexity index is 615. The van der Waals surface area contributed by atoms with Crippen LogP contribution < -0.4 is 4.72 Å². The van der Waals surface area contributed by atoms with Crippen LogP contribution in [0, 0.1) is 11.8 Å². The fourth-order valence-electron chi connectivity index (χ4n) is 1.59. The minimum atomic E-state index is -3.71. The van der Waals surface area contributed by atoms with Crippen LogP contribution in [0.2, 0.25) is 0 Å². The number of ether oxygens (including phenoxy) is 1. The molecule has 0 unspecified atom stereocenters. The van der Waals surface area contributed by atoms with Gasteiger partial charge in [0, 0.05) is 25.1 Å². The van der Waals surface area contributed by atoms with Crippen LogP contribution in [0.3, 0.4) is 0 Å². The Labute approximate surface area is 119 Å². The topological polar surface area (TPSA) is 88.5 Å². The Morgan fingerprint density at radius 1 is 1.45 bits per heavy atom. The lowest BCUT2D eigenvalue weighted by Crippen LogP contribution is -2.46. The van der Waals surface area contributed by atoms with Crippen LogP contribution in [0.1, 0.15) is 19.4 Å². The van der Waals surface area contributed by atoms with Crippen molar-refractivity contribution in [3.63, 3.8) is 0 Å². The Kier molecular flexibility index (Phi) is 5.65. The summed E-state index contributed by atoms with van der Waals surface area (Å²) >= 11 is 0. The summed E-state index contributed by atoms with van der Waals surface area (Å²) in [5, 5.41) is 8.63. The second-order valence-corrected chi connectivity index (χ2v) is 6.47. The Morgan fingerprint density at radius 3 is 2.75 bits per heavy atom. The van der Waals surface area contributed by atoms with Gasteiger partial charge in [-0.1, -0.05) is 11.8 Å². The third kappa shape index (κ3) is 4.90. The van der Waals surface area contributed by atoms with Crippen LogP contribution in [0.5, 0.6) is 0 Å². The average Bonchev–Trinajstić information content (AvgIpc) is 2.35. The smallest absolute Gasteiger partial charge is 0.242 e. The van der Waals surface area contributed by atoms with Gasteiger partial charge in [-0.3, -0.25) is 4.98 Å². The fraction of sp³-hybridized carbons (Fsp3) is 0.462. The van der Waals surface area contributed by atoms with E-state index in [2.05, 4.69) is 21.5 Å². The van der Waals surface area contributed by atoms with Gasteiger partial charge in [-0.25, -0.2) is 13.1 Å². The van der Waals surface area contributed by atoms with E-state index >= 15 is 0 Å². The van der Waals surface area contributed by atoms with Gasteiger partial charge in [0.05, 0.1) is 12.1 Å². The molecule has 0 aliphatic rings. The van der Waals surface area contributed by atoms with Crippen LogP contribution in [-0.4, -0.2) is 44.4 Å². The van der Waals surface area contributed by atoms with E-state index in [9.17, 15) is 8.42 Å². The maximum Gasteiger partial charge on any atom is 0.242 e. The number of pyridine rings is 1. The summed E-state index contributed by atoms with van der Waals surface area (Å²) in [6, 6.07) is 1.40. The molecule has 1 aromatic heterocycles. The van der Waals surface area contributed by atoms with Crippen molar-refractivity contribution in [1.82, 2.24) is 9.71 Å². The van der Waals surface area contributed by atoms with Crippen LogP contribution in [0.4, 0.5) is 0 Å². The highest BCUT2D eigenvalue weighted by Crippen LogP contribution is 2.13. The van der Waals surface area contributed by atoms with E-state index in [1.54, 1.807) is 13.8 Å². The predicted octanol–water partition coefficient (Wildman–Crippen LogP) is 0.129. The summed E-state index contributed by atoms with van der Waals surface area (Å²) in [7, 11) is -2.21. The van der Waals surface area contributed by atoms with Crippen molar-refractivity contribution in [3.8, 4) is 11.8 Å². The van der Waals surface area contributed by atoms with Gasteiger partial charge in [0.15, 0.2) is 0 Å². The molecular formula is C13H18N2O4S. The summed E-state index contributed by atoms with van der Waals surface area (Å²) in [4.78, 5) is 3.87. The van der Waals surface area contributed by atoms with Crippen molar-refractivity contribution in [1.29, 1.82) is 0 Å². The van der Waals surface area contributed by atoms with E-state index in [-0.39, 0.29) is 18.1 Å². The number of methoxy groups -OCH3 is 1. The first-order chi connectivity index (χ1) is 9.30.